The summed E-state index contributed by atoms with van der Waals surface area (Å²) in [5.74, 6) is -1.11. The first kappa shape index (κ1) is 20.0. The highest BCUT2D eigenvalue weighted by atomic mass is 16.4. The van der Waals surface area contributed by atoms with E-state index in [-0.39, 0.29) is 5.96 Å². The first-order chi connectivity index (χ1) is 8.88. The van der Waals surface area contributed by atoms with Gasteiger partial charge in [-0.1, -0.05) is 20.8 Å². The summed E-state index contributed by atoms with van der Waals surface area (Å²) < 4.78 is 0. The molecule has 0 aromatic heterocycles. The lowest BCUT2D eigenvalue weighted by Crippen LogP contribution is -2.34. The van der Waals surface area contributed by atoms with E-state index in [1.165, 1.54) is 19.6 Å². The highest BCUT2D eigenvalue weighted by molar-refractivity contribution is 5.74. The highest BCUT2D eigenvalue weighted by Gasteiger charge is 2.09. The summed E-state index contributed by atoms with van der Waals surface area (Å²) in [4.78, 5) is 12.6. The number of guanidine groups is 1. The van der Waals surface area contributed by atoms with Crippen LogP contribution < -0.4 is 16.8 Å². The van der Waals surface area contributed by atoms with Gasteiger partial charge in [0.05, 0.1) is 0 Å². The van der Waals surface area contributed by atoms with Crippen molar-refractivity contribution in [1.29, 1.82) is 5.41 Å². The van der Waals surface area contributed by atoms with Crippen molar-refractivity contribution in [2.75, 3.05) is 26.2 Å². The van der Waals surface area contributed by atoms with E-state index >= 15 is 0 Å². The Kier molecular flexibility index (Phi) is 13.8. The molecule has 7 nitrogen and oxygen atoms in total. The van der Waals surface area contributed by atoms with Crippen LogP contribution in [0.15, 0.2) is 0 Å². The van der Waals surface area contributed by atoms with Crippen LogP contribution in [0.4, 0.5) is 0 Å². The largest absolute Gasteiger partial charge is 0.480 e. The van der Waals surface area contributed by atoms with Crippen molar-refractivity contribution >= 4 is 11.9 Å². The van der Waals surface area contributed by atoms with Crippen molar-refractivity contribution in [2.45, 2.75) is 39.7 Å². The van der Waals surface area contributed by atoms with E-state index in [0.29, 0.717) is 19.4 Å². The average Bonchev–Trinajstić information content (AvgIpc) is 2.37. The lowest BCUT2D eigenvalue weighted by molar-refractivity contribution is -0.138. The number of nitrogens with two attached hydrogens (primary N) is 2. The van der Waals surface area contributed by atoms with Gasteiger partial charge in [0.15, 0.2) is 5.96 Å². The Bertz CT molecular complexity index is 239. The topological polar surface area (TPSA) is 128 Å². The summed E-state index contributed by atoms with van der Waals surface area (Å²) in [7, 11) is 0. The molecule has 0 saturated heterocycles. The monoisotopic (exact) mass is 275 g/mol. The van der Waals surface area contributed by atoms with E-state index in [9.17, 15) is 4.79 Å². The smallest absolute Gasteiger partial charge is 0.320 e. The van der Waals surface area contributed by atoms with Crippen LogP contribution in [0, 0.1) is 5.41 Å². The Balaban J connectivity index is 0. The molecule has 0 radical (unpaired) electrons. The maximum Gasteiger partial charge on any atom is 0.320 e. The number of carboxylic acid groups (broad SMARTS) is 1. The normalized spacial score (nSPS) is 11.4. The second-order valence-corrected chi connectivity index (χ2v) is 4.05. The molecular formula is C12H29N5O2. The van der Waals surface area contributed by atoms with Gasteiger partial charge < -0.3 is 26.8 Å². The van der Waals surface area contributed by atoms with E-state index in [4.69, 9.17) is 22.0 Å². The molecule has 0 saturated carbocycles. The van der Waals surface area contributed by atoms with Crippen molar-refractivity contribution in [2.24, 2.45) is 11.5 Å². The van der Waals surface area contributed by atoms with Gasteiger partial charge in [-0.2, -0.15) is 0 Å². The van der Waals surface area contributed by atoms with Gasteiger partial charge >= 0.3 is 5.97 Å². The molecule has 19 heavy (non-hydrogen) atoms. The molecule has 0 fully saturated rings. The number of carboxylic acids is 1. The summed E-state index contributed by atoms with van der Waals surface area (Å²) in [6.07, 6.45) is 0.975. The fraction of sp³-hybridized carbons (Fsp3) is 0.833. The maximum atomic E-state index is 10.2. The van der Waals surface area contributed by atoms with Gasteiger partial charge in [-0.05, 0) is 32.5 Å². The Morgan fingerprint density at radius 3 is 2.05 bits per heavy atom. The van der Waals surface area contributed by atoms with Crippen LogP contribution in [-0.4, -0.2) is 54.2 Å². The number of rotatable bonds is 8. The summed E-state index contributed by atoms with van der Waals surface area (Å²) in [6, 6.07) is -0.821. The minimum Gasteiger partial charge on any atom is -0.480 e. The number of carbonyl (C=O) groups is 1. The van der Waals surface area contributed by atoms with Crippen LogP contribution in [-0.2, 0) is 4.79 Å². The van der Waals surface area contributed by atoms with Crippen LogP contribution in [0.5, 0.6) is 0 Å². The zero-order chi connectivity index (χ0) is 15.3. The van der Waals surface area contributed by atoms with E-state index in [0.717, 1.165) is 0 Å². The SMILES string of the molecule is CCN(CC)CC.N=C(N)NCCCC(N)C(=O)O. The summed E-state index contributed by atoms with van der Waals surface area (Å²) in [5.41, 5.74) is 10.2. The van der Waals surface area contributed by atoms with E-state index in [1.807, 2.05) is 0 Å². The van der Waals surface area contributed by atoms with Crippen LogP contribution in [0.2, 0.25) is 0 Å². The number of nitrogens with zero attached hydrogens (tertiary/aromatic N) is 1. The molecule has 0 amide bonds. The Labute approximate surface area is 115 Å². The van der Waals surface area contributed by atoms with Crippen molar-refractivity contribution in [3.8, 4) is 0 Å². The molecule has 0 aromatic carbocycles. The first-order valence-electron chi connectivity index (χ1n) is 6.67. The number of nitrogens with one attached hydrogen (secondary N) is 2. The molecule has 7 heteroatoms. The van der Waals surface area contributed by atoms with E-state index < -0.39 is 12.0 Å². The van der Waals surface area contributed by atoms with E-state index in [1.54, 1.807) is 0 Å². The van der Waals surface area contributed by atoms with Crippen LogP contribution in [0.1, 0.15) is 33.6 Å². The molecule has 0 spiro atoms. The zero-order valence-electron chi connectivity index (χ0n) is 12.3. The Morgan fingerprint density at radius 1 is 1.32 bits per heavy atom. The molecule has 0 bridgehead atoms. The van der Waals surface area contributed by atoms with Crippen molar-refractivity contribution in [3.05, 3.63) is 0 Å². The molecule has 1 atom stereocenters. The minimum absolute atomic E-state index is 0.112. The Hall–Kier alpha value is -1.34. The van der Waals surface area contributed by atoms with Gasteiger partial charge in [0.1, 0.15) is 6.04 Å². The van der Waals surface area contributed by atoms with Gasteiger partial charge in [-0.3, -0.25) is 10.2 Å². The summed E-state index contributed by atoms with van der Waals surface area (Å²) in [5, 5.41) is 17.7. The summed E-state index contributed by atoms with van der Waals surface area (Å²) >= 11 is 0. The second kappa shape index (κ2) is 13.1. The molecule has 0 aliphatic rings. The van der Waals surface area contributed by atoms with Crippen LogP contribution >= 0.6 is 0 Å². The molecule has 7 N–H and O–H groups in total. The zero-order valence-corrected chi connectivity index (χ0v) is 12.3. The third-order valence-electron chi connectivity index (χ3n) is 2.67. The predicted octanol–water partition coefficient (Wildman–Crippen LogP) is 0.00967. The number of aliphatic carboxylic acids is 1. The number of hydrogen-bond acceptors (Lipinski definition) is 4. The first-order valence-corrected chi connectivity index (χ1v) is 6.67. The summed E-state index contributed by atoms with van der Waals surface area (Å²) in [6.45, 7) is 10.6. The van der Waals surface area contributed by atoms with Gasteiger partial charge in [0.25, 0.3) is 0 Å². The quantitative estimate of drug-likeness (QED) is 0.241. The van der Waals surface area contributed by atoms with Crippen LogP contribution in [0.25, 0.3) is 0 Å². The second-order valence-electron chi connectivity index (χ2n) is 4.05. The number of hydrogen-bond donors (Lipinski definition) is 5. The van der Waals surface area contributed by atoms with Crippen molar-refractivity contribution < 1.29 is 9.90 Å². The third-order valence-corrected chi connectivity index (χ3v) is 2.67. The van der Waals surface area contributed by atoms with Crippen molar-refractivity contribution in [1.82, 2.24) is 10.2 Å². The lowest BCUT2D eigenvalue weighted by Gasteiger charge is -2.13. The van der Waals surface area contributed by atoms with Gasteiger partial charge in [-0.15, -0.1) is 0 Å². The fourth-order valence-electron chi connectivity index (χ4n) is 1.34. The predicted molar refractivity (Wildman–Crippen MR) is 78.2 cm³/mol. The lowest BCUT2D eigenvalue weighted by atomic mass is 10.2. The van der Waals surface area contributed by atoms with Gasteiger partial charge in [-0.25, -0.2) is 0 Å². The minimum atomic E-state index is -1.00. The Morgan fingerprint density at radius 2 is 1.79 bits per heavy atom. The molecule has 1 unspecified atom stereocenters. The molecule has 0 rings (SSSR count). The third kappa shape index (κ3) is 14.6. The molecule has 0 aliphatic heterocycles. The maximum absolute atomic E-state index is 10.2. The molecular weight excluding hydrogens is 246 g/mol. The molecule has 114 valence electrons. The molecule has 0 aliphatic carbocycles. The standard InChI is InChI=1S/C6H14N4O2.C6H15N/c7-4(5(11)12)2-1-3-10-6(8)9;1-4-7(5-2)6-3/h4H,1-3,7H2,(H,11,12)(H4,8,9,10);4-6H2,1-3H3. The van der Waals surface area contributed by atoms with Crippen molar-refractivity contribution in [3.63, 3.8) is 0 Å². The fourth-order valence-corrected chi connectivity index (χ4v) is 1.34. The van der Waals surface area contributed by atoms with Crippen LogP contribution in [0.3, 0.4) is 0 Å². The highest BCUT2D eigenvalue weighted by Crippen LogP contribution is 1.92. The van der Waals surface area contributed by atoms with Gasteiger partial charge in [0, 0.05) is 6.54 Å². The van der Waals surface area contributed by atoms with Gasteiger partial charge in [0.2, 0.25) is 0 Å². The molecule has 0 aromatic rings. The average molecular weight is 275 g/mol. The van der Waals surface area contributed by atoms with E-state index in [2.05, 4.69) is 31.0 Å². The molecule has 0 heterocycles.